The first kappa shape index (κ1) is 20.0. The lowest BCUT2D eigenvalue weighted by atomic mass is 9.89. The van der Waals surface area contributed by atoms with Gasteiger partial charge >= 0.3 is 6.18 Å². The number of hydrazine groups is 1. The van der Waals surface area contributed by atoms with Crippen LogP contribution in [0, 0.1) is 0 Å². The van der Waals surface area contributed by atoms with Crippen LogP contribution in [0.25, 0.3) is 0 Å². The fourth-order valence-electron chi connectivity index (χ4n) is 3.84. The summed E-state index contributed by atoms with van der Waals surface area (Å²) >= 11 is 0. The van der Waals surface area contributed by atoms with Gasteiger partial charge in [-0.25, -0.2) is 10.4 Å². The van der Waals surface area contributed by atoms with Gasteiger partial charge in [-0.05, 0) is 12.5 Å². The number of alkyl halides is 3. The van der Waals surface area contributed by atoms with Crippen LogP contribution in [0.15, 0.2) is 54.0 Å². The molecule has 3 N–H and O–H groups in total. The van der Waals surface area contributed by atoms with E-state index in [0.717, 1.165) is 5.01 Å². The molecule has 3 atom stereocenters. The summed E-state index contributed by atoms with van der Waals surface area (Å²) in [5.41, 5.74) is 3.00. The first-order valence-corrected chi connectivity index (χ1v) is 9.15. The molecule has 30 heavy (non-hydrogen) atoms. The van der Waals surface area contributed by atoms with Crippen LogP contribution in [-0.2, 0) is 16.6 Å². The summed E-state index contributed by atoms with van der Waals surface area (Å²) in [6.07, 6.45) is -2.67. The number of anilines is 1. The lowest BCUT2D eigenvalue weighted by Crippen LogP contribution is -2.56. The Morgan fingerprint density at radius 3 is 2.53 bits per heavy atom. The summed E-state index contributed by atoms with van der Waals surface area (Å²) < 4.78 is 42.8. The number of aryl methyl sites for hydroxylation is 1. The maximum atomic E-state index is 13.8. The second kappa shape index (κ2) is 7.17. The van der Waals surface area contributed by atoms with Gasteiger partial charge in [-0.2, -0.15) is 18.3 Å². The number of nitrogens with one attached hydrogen (secondary N) is 3. The van der Waals surface area contributed by atoms with Crippen molar-refractivity contribution in [1.29, 1.82) is 0 Å². The highest BCUT2D eigenvalue weighted by atomic mass is 19.4. The summed E-state index contributed by atoms with van der Waals surface area (Å²) in [5.74, 6) is -2.65. The van der Waals surface area contributed by atoms with Gasteiger partial charge in [-0.15, -0.1) is 0 Å². The van der Waals surface area contributed by atoms with Gasteiger partial charge in [0.2, 0.25) is 0 Å². The molecule has 2 aliphatic rings. The molecule has 8 nitrogen and oxygen atoms in total. The number of rotatable bonds is 3. The van der Waals surface area contributed by atoms with E-state index < -0.39 is 36.1 Å². The largest absolute Gasteiger partial charge is 0.406 e. The molecule has 0 bridgehead atoms. The summed E-state index contributed by atoms with van der Waals surface area (Å²) in [6, 6.07) is 6.18. The van der Waals surface area contributed by atoms with Crippen LogP contribution < -0.4 is 16.1 Å². The van der Waals surface area contributed by atoms with Gasteiger partial charge in [-0.1, -0.05) is 30.3 Å². The third-order valence-electron chi connectivity index (χ3n) is 5.15. The first-order valence-electron chi connectivity index (χ1n) is 9.15. The van der Waals surface area contributed by atoms with Crippen LogP contribution in [0.2, 0.25) is 0 Å². The average molecular weight is 420 g/mol. The number of aromatic nitrogens is 2. The number of carbonyl (C=O) groups is 2. The van der Waals surface area contributed by atoms with Gasteiger partial charge in [-0.3, -0.25) is 14.3 Å². The Kier molecular flexibility index (Phi) is 4.77. The molecule has 2 aliphatic heterocycles. The number of hydrogen-bond donors (Lipinski definition) is 3. The van der Waals surface area contributed by atoms with Gasteiger partial charge in [0.15, 0.2) is 0 Å². The van der Waals surface area contributed by atoms with Crippen LogP contribution in [0.3, 0.4) is 0 Å². The van der Waals surface area contributed by atoms with Crippen LogP contribution in [0.5, 0.6) is 0 Å². The minimum absolute atomic E-state index is 0.202. The first-order chi connectivity index (χ1) is 14.2. The van der Waals surface area contributed by atoms with Crippen LogP contribution >= 0.6 is 0 Å². The maximum Gasteiger partial charge on any atom is 0.406 e. The molecule has 4 rings (SSSR count). The van der Waals surface area contributed by atoms with E-state index in [1.165, 1.54) is 24.0 Å². The number of benzene rings is 1. The van der Waals surface area contributed by atoms with E-state index in [9.17, 15) is 22.8 Å². The third kappa shape index (κ3) is 3.41. The minimum atomic E-state index is -4.61. The molecule has 1 saturated heterocycles. The summed E-state index contributed by atoms with van der Waals surface area (Å²) in [6.45, 7) is 1.50. The van der Waals surface area contributed by atoms with E-state index in [1.807, 2.05) is 0 Å². The van der Waals surface area contributed by atoms with Crippen molar-refractivity contribution in [2.45, 2.75) is 31.2 Å². The zero-order chi connectivity index (χ0) is 21.6. The topological polar surface area (TPSA) is 91.3 Å². The molecule has 11 heteroatoms. The molecule has 158 valence electrons. The number of fused-ring (bicyclic) bond motifs is 1. The Labute approximate surface area is 169 Å². The number of nitrogens with zero attached hydrogens (tertiary/aromatic N) is 3. The Hall–Kier alpha value is -3.34. The standard InChI is InChI=1S/C19H19F3N6O2/c1-10-13(17(29)25-12-8-23-27(2)9-12)18(30)28-16(24-10)14(11-6-4-3-5-7-11)15(26-28)19(20,21)22/h3-9,14-16,24,26H,1-2H3,(H,25,29). The molecule has 0 radical (unpaired) electrons. The molecule has 0 aliphatic carbocycles. The molecular weight excluding hydrogens is 401 g/mol. The van der Waals surface area contributed by atoms with E-state index in [2.05, 4.69) is 21.2 Å². The number of halogens is 3. The Balaban J connectivity index is 1.67. The molecular formula is C19H19F3N6O2. The highest BCUT2D eigenvalue weighted by molar-refractivity contribution is 6.23. The van der Waals surface area contributed by atoms with Crippen molar-refractivity contribution in [2.75, 3.05) is 5.32 Å². The Bertz CT molecular complexity index is 1020. The van der Waals surface area contributed by atoms with Crippen LogP contribution in [0.1, 0.15) is 18.4 Å². The quantitative estimate of drug-likeness (QED) is 0.657. The smallest absolute Gasteiger partial charge is 0.366 e. The predicted molar refractivity (Wildman–Crippen MR) is 100 cm³/mol. The summed E-state index contributed by atoms with van der Waals surface area (Å²) in [4.78, 5) is 25.7. The van der Waals surface area contributed by atoms with Crippen molar-refractivity contribution < 1.29 is 22.8 Å². The molecule has 1 aromatic carbocycles. The molecule has 3 unspecified atom stereocenters. The van der Waals surface area contributed by atoms with Crippen LogP contribution in [-0.4, -0.2) is 45.0 Å². The third-order valence-corrected chi connectivity index (χ3v) is 5.15. The van der Waals surface area contributed by atoms with Crippen molar-refractivity contribution >= 4 is 17.5 Å². The predicted octanol–water partition coefficient (Wildman–Crippen LogP) is 1.62. The molecule has 2 amide bonds. The van der Waals surface area contributed by atoms with E-state index in [-0.39, 0.29) is 11.3 Å². The Morgan fingerprint density at radius 1 is 1.23 bits per heavy atom. The average Bonchev–Trinajstić information content (AvgIpc) is 3.26. The van der Waals surface area contributed by atoms with Crippen LogP contribution in [0.4, 0.5) is 18.9 Å². The minimum Gasteiger partial charge on any atom is -0.366 e. The van der Waals surface area contributed by atoms with Crippen molar-refractivity contribution in [2.24, 2.45) is 7.05 Å². The number of allylic oxidation sites excluding steroid dienone is 1. The fraction of sp³-hybridized carbons (Fsp3) is 0.316. The summed E-state index contributed by atoms with van der Waals surface area (Å²) in [5, 5.41) is 10.2. The van der Waals surface area contributed by atoms with E-state index in [0.29, 0.717) is 11.3 Å². The highest BCUT2D eigenvalue weighted by Crippen LogP contribution is 2.41. The van der Waals surface area contributed by atoms with Crippen molar-refractivity contribution in [1.82, 2.24) is 25.5 Å². The van der Waals surface area contributed by atoms with Gasteiger partial charge in [0, 0.05) is 18.9 Å². The summed E-state index contributed by atoms with van der Waals surface area (Å²) in [7, 11) is 1.66. The van der Waals surface area contributed by atoms with Gasteiger partial charge in [0.1, 0.15) is 17.8 Å². The molecule has 3 heterocycles. The lowest BCUT2D eigenvalue weighted by Gasteiger charge is -2.34. The molecule has 0 spiro atoms. The monoisotopic (exact) mass is 420 g/mol. The fourth-order valence-corrected chi connectivity index (χ4v) is 3.84. The second-order valence-electron chi connectivity index (χ2n) is 7.21. The molecule has 1 fully saturated rings. The normalized spacial score (nSPS) is 24.0. The van der Waals surface area contributed by atoms with E-state index >= 15 is 0 Å². The molecule has 0 saturated carbocycles. The van der Waals surface area contributed by atoms with Gasteiger partial charge in [0.05, 0.1) is 17.8 Å². The van der Waals surface area contributed by atoms with Crippen molar-refractivity contribution in [3.63, 3.8) is 0 Å². The number of amides is 2. The SMILES string of the molecule is CC1=C(C(=O)Nc2cnn(C)c2)C(=O)N2NC(C(F)(F)F)C(c3ccccc3)C2N1. The van der Waals surface area contributed by atoms with Crippen molar-refractivity contribution in [3.05, 3.63) is 59.6 Å². The van der Waals surface area contributed by atoms with E-state index in [4.69, 9.17) is 0 Å². The number of hydrogen-bond acceptors (Lipinski definition) is 5. The highest BCUT2D eigenvalue weighted by Gasteiger charge is 2.58. The van der Waals surface area contributed by atoms with Crippen molar-refractivity contribution in [3.8, 4) is 0 Å². The van der Waals surface area contributed by atoms with Gasteiger partial charge in [0.25, 0.3) is 11.8 Å². The second-order valence-corrected chi connectivity index (χ2v) is 7.21. The van der Waals surface area contributed by atoms with E-state index in [1.54, 1.807) is 37.4 Å². The molecule has 1 aromatic heterocycles. The zero-order valence-corrected chi connectivity index (χ0v) is 16.1. The Morgan fingerprint density at radius 2 is 1.93 bits per heavy atom. The maximum absolute atomic E-state index is 13.8. The lowest BCUT2D eigenvalue weighted by molar-refractivity contribution is -0.161. The molecule has 2 aromatic rings. The number of carbonyl (C=O) groups excluding carboxylic acids is 2. The zero-order valence-electron chi connectivity index (χ0n) is 16.1. The van der Waals surface area contributed by atoms with Gasteiger partial charge < -0.3 is 10.6 Å².